The molecule has 1 amide bonds. The van der Waals surface area contributed by atoms with Gasteiger partial charge in [0.15, 0.2) is 5.82 Å². The number of nitrogens with one attached hydrogen (secondary N) is 3. The summed E-state index contributed by atoms with van der Waals surface area (Å²) in [5.41, 5.74) is 6.00. The maximum Gasteiger partial charge on any atom is 0.224 e. The Bertz CT molecular complexity index is 2050. The van der Waals surface area contributed by atoms with Crippen molar-refractivity contribution in [2.45, 2.75) is 38.5 Å². The van der Waals surface area contributed by atoms with E-state index in [0.29, 0.717) is 76.3 Å². The molecule has 1 aromatic carbocycles. The number of likely N-dealkylation sites (N-methyl/N-ethyl adjacent to an activating group) is 1. The molecule has 240 valence electrons. The standard InChI is InChI=1S/C35H36FN9O2/c1-45(2)8-9-47-26-13-22(11-24(36)14-26)28-18-38-19-31-33(28)42-35(41-31)34-27-15-29(39-20-30(27)43-44-34)23-12-25(17-37-16-23)40-32(46)10-21-6-4-3-5-7-21/h11-21H,3-10H2,1-2H3,(H,40,46)(H,41,42)(H,43,44). The van der Waals surface area contributed by atoms with Gasteiger partial charge in [-0.2, -0.15) is 5.10 Å². The van der Waals surface area contributed by atoms with E-state index >= 15 is 0 Å². The van der Waals surface area contributed by atoms with Crippen molar-refractivity contribution in [2.24, 2.45) is 5.92 Å². The molecule has 1 fully saturated rings. The fraction of sp³-hybridized carbons (Fsp3) is 0.314. The molecule has 0 saturated heterocycles. The Hall–Kier alpha value is -5.23. The third-order valence-electron chi connectivity index (χ3n) is 8.57. The van der Waals surface area contributed by atoms with E-state index in [0.717, 1.165) is 29.3 Å². The van der Waals surface area contributed by atoms with Crippen LogP contribution in [-0.4, -0.2) is 73.2 Å². The monoisotopic (exact) mass is 633 g/mol. The normalized spacial score (nSPS) is 13.9. The smallest absolute Gasteiger partial charge is 0.224 e. The highest BCUT2D eigenvalue weighted by atomic mass is 19.1. The lowest BCUT2D eigenvalue weighted by Gasteiger charge is -2.20. The summed E-state index contributed by atoms with van der Waals surface area (Å²) >= 11 is 0. The number of halogens is 1. The van der Waals surface area contributed by atoms with Crippen molar-refractivity contribution < 1.29 is 13.9 Å². The van der Waals surface area contributed by atoms with Crippen LogP contribution in [-0.2, 0) is 4.79 Å². The number of carbonyl (C=O) groups is 1. The first-order valence-corrected chi connectivity index (χ1v) is 15.9. The largest absolute Gasteiger partial charge is 0.492 e. The van der Waals surface area contributed by atoms with Crippen LogP contribution in [0.25, 0.3) is 55.8 Å². The van der Waals surface area contributed by atoms with Crippen molar-refractivity contribution in [3.05, 3.63) is 67.1 Å². The minimum atomic E-state index is -0.407. The number of fused-ring (bicyclic) bond motifs is 2. The minimum Gasteiger partial charge on any atom is -0.492 e. The fourth-order valence-corrected chi connectivity index (χ4v) is 6.17. The molecule has 1 aliphatic rings. The molecule has 0 spiro atoms. The highest BCUT2D eigenvalue weighted by Gasteiger charge is 2.19. The molecular formula is C35H36FN9O2. The minimum absolute atomic E-state index is 0.0152. The number of anilines is 1. The number of pyridine rings is 3. The van der Waals surface area contributed by atoms with Gasteiger partial charge in [0, 0.05) is 47.9 Å². The summed E-state index contributed by atoms with van der Waals surface area (Å²) in [5.74, 6) is 1.03. The second-order valence-electron chi connectivity index (χ2n) is 12.4. The number of benzene rings is 1. The van der Waals surface area contributed by atoms with Crippen LogP contribution in [0.4, 0.5) is 10.1 Å². The molecule has 12 heteroatoms. The Labute approximate surface area is 271 Å². The quantitative estimate of drug-likeness (QED) is 0.153. The van der Waals surface area contributed by atoms with Crippen LogP contribution in [0, 0.1) is 11.7 Å². The van der Waals surface area contributed by atoms with Gasteiger partial charge < -0.3 is 19.9 Å². The summed E-state index contributed by atoms with van der Waals surface area (Å²) in [7, 11) is 3.91. The van der Waals surface area contributed by atoms with E-state index in [1.165, 1.54) is 31.4 Å². The Balaban J connectivity index is 1.16. The van der Waals surface area contributed by atoms with Gasteiger partial charge in [0.25, 0.3) is 0 Å². The van der Waals surface area contributed by atoms with E-state index < -0.39 is 5.82 Å². The number of amides is 1. The number of carbonyl (C=O) groups excluding carboxylic acids is 1. The highest BCUT2D eigenvalue weighted by molar-refractivity contribution is 5.97. The summed E-state index contributed by atoms with van der Waals surface area (Å²) in [6.07, 6.45) is 14.9. The maximum absolute atomic E-state index is 14.7. The molecule has 3 N–H and O–H groups in total. The second-order valence-corrected chi connectivity index (χ2v) is 12.4. The Kier molecular flexibility index (Phi) is 8.58. The molecule has 0 aliphatic heterocycles. The third-order valence-corrected chi connectivity index (χ3v) is 8.57. The average Bonchev–Trinajstić information content (AvgIpc) is 3.69. The zero-order valence-electron chi connectivity index (χ0n) is 26.4. The Morgan fingerprint density at radius 2 is 1.83 bits per heavy atom. The lowest BCUT2D eigenvalue weighted by atomic mass is 9.87. The molecule has 5 aromatic heterocycles. The van der Waals surface area contributed by atoms with E-state index in [1.54, 1.807) is 37.1 Å². The van der Waals surface area contributed by atoms with Crippen LogP contribution in [0.2, 0.25) is 0 Å². The molecule has 7 rings (SSSR count). The first-order chi connectivity index (χ1) is 22.9. The zero-order valence-corrected chi connectivity index (χ0v) is 26.4. The molecule has 11 nitrogen and oxygen atoms in total. The predicted octanol–water partition coefficient (Wildman–Crippen LogP) is 6.61. The van der Waals surface area contributed by atoms with Crippen molar-refractivity contribution >= 4 is 33.5 Å². The van der Waals surface area contributed by atoms with Crippen molar-refractivity contribution in [3.8, 4) is 39.7 Å². The first-order valence-electron chi connectivity index (χ1n) is 15.9. The average molecular weight is 634 g/mol. The van der Waals surface area contributed by atoms with Crippen molar-refractivity contribution in [1.82, 2.24) is 40.0 Å². The van der Waals surface area contributed by atoms with E-state index in [1.807, 2.05) is 31.1 Å². The van der Waals surface area contributed by atoms with Crippen LogP contribution in [0.1, 0.15) is 38.5 Å². The van der Waals surface area contributed by atoms with Gasteiger partial charge in [0.2, 0.25) is 5.91 Å². The van der Waals surface area contributed by atoms with Crippen LogP contribution in [0.15, 0.2) is 61.3 Å². The van der Waals surface area contributed by atoms with E-state index in [-0.39, 0.29) is 5.91 Å². The van der Waals surface area contributed by atoms with Crippen LogP contribution >= 0.6 is 0 Å². The van der Waals surface area contributed by atoms with Crippen LogP contribution < -0.4 is 10.1 Å². The van der Waals surface area contributed by atoms with Gasteiger partial charge in [-0.25, -0.2) is 9.37 Å². The molecule has 47 heavy (non-hydrogen) atoms. The van der Waals surface area contributed by atoms with Gasteiger partial charge in [0.1, 0.15) is 23.9 Å². The predicted molar refractivity (Wildman–Crippen MR) is 179 cm³/mol. The third kappa shape index (κ3) is 6.82. The summed E-state index contributed by atoms with van der Waals surface area (Å²) in [6, 6.07) is 8.43. The SMILES string of the molecule is CN(C)CCOc1cc(F)cc(-c2cncc3[nH]c(-c4n[nH]c5cnc(-c6cncc(NC(=O)CC7CCCCC7)c6)cc45)nc23)c1. The number of aromatic amines is 2. The summed E-state index contributed by atoms with van der Waals surface area (Å²) in [5, 5.41) is 11.4. The van der Waals surface area contributed by atoms with Crippen LogP contribution in [0.5, 0.6) is 5.75 Å². The number of H-pyrrole nitrogens is 2. The number of ether oxygens (including phenoxy) is 1. The molecule has 6 aromatic rings. The van der Waals surface area contributed by atoms with Gasteiger partial charge in [-0.05, 0) is 62.7 Å². The van der Waals surface area contributed by atoms with Gasteiger partial charge in [-0.3, -0.25) is 24.8 Å². The number of rotatable bonds is 10. The van der Waals surface area contributed by atoms with Crippen molar-refractivity contribution in [2.75, 3.05) is 32.6 Å². The number of hydrogen-bond acceptors (Lipinski definition) is 8. The molecule has 0 unspecified atom stereocenters. The lowest BCUT2D eigenvalue weighted by Crippen LogP contribution is -2.19. The summed E-state index contributed by atoms with van der Waals surface area (Å²) < 4.78 is 20.5. The van der Waals surface area contributed by atoms with Crippen molar-refractivity contribution in [1.29, 1.82) is 0 Å². The summed E-state index contributed by atoms with van der Waals surface area (Å²) in [6.45, 7) is 1.14. The lowest BCUT2D eigenvalue weighted by molar-refractivity contribution is -0.117. The summed E-state index contributed by atoms with van der Waals surface area (Å²) in [4.78, 5) is 36.4. The van der Waals surface area contributed by atoms with Crippen LogP contribution in [0.3, 0.4) is 0 Å². The maximum atomic E-state index is 14.7. The van der Waals surface area contributed by atoms with E-state index in [2.05, 4.69) is 35.5 Å². The fourth-order valence-electron chi connectivity index (χ4n) is 6.17. The van der Waals surface area contributed by atoms with Crippen molar-refractivity contribution in [3.63, 3.8) is 0 Å². The van der Waals surface area contributed by atoms with E-state index in [9.17, 15) is 9.18 Å². The molecule has 0 bridgehead atoms. The highest BCUT2D eigenvalue weighted by Crippen LogP contribution is 2.34. The van der Waals surface area contributed by atoms with Gasteiger partial charge in [0.05, 0.1) is 46.5 Å². The molecule has 0 radical (unpaired) electrons. The number of imidazole rings is 1. The number of hydrogen-bond donors (Lipinski definition) is 3. The first kappa shape index (κ1) is 30.4. The Morgan fingerprint density at radius 1 is 0.979 bits per heavy atom. The van der Waals surface area contributed by atoms with Gasteiger partial charge in [-0.15, -0.1) is 0 Å². The molecule has 5 heterocycles. The molecular weight excluding hydrogens is 597 g/mol. The second kappa shape index (κ2) is 13.2. The molecule has 0 atom stereocenters. The van der Waals surface area contributed by atoms with Gasteiger partial charge in [-0.1, -0.05) is 19.3 Å². The molecule has 1 saturated carbocycles. The van der Waals surface area contributed by atoms with Gasteiger partial charge >= 0.3 is 0 Å². The topological polar surface area (TPSA) is 138 Å². The molecule has 1 aliphatic carbocycles. The van der Waals surface area contributed by atoms with E-state index in [4.69, 9.17) is 9.72 Å². The number of nitrogens with zero attached hydrogens (tertiary/aromatic N) is 6. The number of aromatic nitrogens is 7. The zero-order chi connectivity index (χ0) is 32.3. The Morgan fingerprint density at radius 3 is 2.68 bits per heavy atom.